The molecule has 3 aromatic heterocycles. The van der Waals surface area contributed by atoms with Crippen LogP contribution in [0.2, 0.25) is 0 Å². The second-order valence-corrected chi connectivity index (χ2v) is 6.74. The quantitative estimate of drug-likeness (QED) is 0.774. The van der Waals surface area contributed by atoms with Crippen LogP contribution in [0.1, 0.15) is 21.7 Å². The Labute approximate surface area is 148 Å². The van der Waals surface area contributed by atoms with E-state index in [2.05, 4.69) is 29.8 Å². The van der Waals surface area contributed by atoms with Crippen molar-refractivity contribution in [2.75, 3.05) is 5.75 Å². The molecule has 0 saturated heterocycles. The molecule has 3 aromatic rings. The number of nitrogens with zero attached hydrogens (tertiary/aromatic N) is 5. The molecule has 0 saturated carbocycles. The maximum atomic E-state index is 12.4. The van der Waals surface area contributed by atoms with Gasteiger partial charge in [-0.05, 0) is 19.1 Å². The number of pyridine rings is 1. The van der Waals surface area contributed by atoms with E-state index in [1.165, 1.54) is 0 Å². The fourth-order valence-electron chi connectivity index (χ4n) is 2.64. The van der Waals surface area contributed by atoms with E-state index in [4.69, 9.17) is 0 Å². The Morgan fingerprint density at radius 1 is 1.36 bits per heavy atom. The lowest BCUT2D eigenvalue weighted by molar-refractivity contribution is 0.0949. The molecule has 1 aliphatic heterocycles. The number of aromatic nitrogens is 5. The van der Waals surface area contributed by atoms with Crippen LogP contribution in [0.4, 0.5) is 0 Å². The number of nitrogens with one attached hydrogen (secondary N) is 1. The van der Waals surface area contributed by atoms with Crippen molar-refractivity contribution in [3.63, 3.8) is 0 Å². The van der Waals surface area contributed by atoms with Crippen molar-refractivity contribution in [1.82, 2.24) is 29.8 Å². The van der Waals surface area contributed by atoms with Crippen LogP contribution < -0.4 is 5.32 Å². The van der Waals surface area contributed by atoms with E-state index in [-0.39, 0.29) is 5.91 Å². The van der Waals surface area contributed by atoms with E-state index in [9.17, 15) is 4.79 Å². The largest absolute Gasteiger partial charge is 0.346 e. The Bertz CT molecular complexity index is 903. The van der Waals surface area contributed by atoms with Gasteiger partial charge in [0.1, 0.15) is 0 Å². The van der Waals surface area contributed by atoms with Gasteiger partial charge in [-0.3, -0.25) is 9.78 Å². The summed E-state index contributed by atoms with van der Waals surface area (Å²) in [6.45, 7) is 3.17. The molecule has 0 fully saturated rings. The summed E-state index contributed by atoms with van der Waals surface area (Å²) in [7, 11) is 0. The van der Waals surface area contributed by atoms with Crippen molar-refractivity contribution in [3.8, 4) is 11.4 Å². The number of hydrogen-bond donors (Lipinski definition) is 1. The predicted octanol–water partition coefficient (Wildman–Crippen LogP) is 2.08. The topological polar surface area (TPSA) is 85.6 Å². The zero-order valence-corrected chi connectivity index (χ0v) is 14.5. The van der Waals surface area contributed by atoms with Crippen LogP contribution in [0, 0.1) is 6.92 Å². The summed E-state index contributed by atoms with van der Waals surface area (Å²) < 4.78 is 2.11. The summed E-state index contributed by atoms with van der Waals surface area (Å²) in [6, 6.07) is 3.71. The van der Waals surface area contributed by atoms with Crippen molar-refractivity contribution in [1.29, 1.82) is 0 Å². The summed E-state index contributed by atoms with van der Waals surface area (Å²) in [6.07, 6.45) is 6.94. The maximum absolute atomic E-state index is 12.4. The highest BCUT2D eigenvalue weighted by atomic mass is 32.2. The first kappa shape index (κ1) is 15.8. The third-order valence-corrected chi connectivity index (χ3v) is 4.90. The lowest BCUT2D eigenvalue weighted by atomic mass is 10.2. The summed E-state index contributed by atoms with van der Waals surface area (Å²) >= 11 is 1.74. The number of rotatable bonds is 4. The van der Waals surface area contributed by atoms with Crippen molar-refractivity contribution >= 4 is 17.7 Å². The average Bonchev–Trinajstić information content (AvgIpc) is 3.22. The summed E-state index contributed by atoms with van der Waals surface area (Å²) in [5.74, 6) is 1.43. The molecule has 1 aliphatic rings. The Hall–Kier alpha value is -2.74. The molecular weight excluding hydrogens is 336 g/mol. The van der Waals surface area contributed by atoms with Crippen LogP contribution in [-0.4, -0.2) is 36.2 Å². The molecule has 0 aromatic carbocycles. The molecule has 8 heteroatoms. The Balaban J connectivity index is 1.46. The molecule has 0 unspecified atom stereocenters. The van der Waals surface area contributed by atoms with Crippen LogP contribution in [0.3, 0.4) is 0 Å². The summed E-state index contributed by atoms with van der Waals surface area (Å²) in [5.41, 5.74) is 2.78. The molecular formula is C17H16N6OS. The van der Waals surface area contributed by atoms with E-state index in [1.54, 1.807) is 37.3 Å². The highest BCUT2D eigenvalue weighted by Crippen LogP contribution is 2.24. The number of thioether (sulfide) groups is 1. The van der Waals surface area contributed by atoms with Gasteiger partial charge in [0.25, 0.3) is 5.91 Å². The molecule has 126 valence electrons. The van der Waals surface area contributed by atoms with Gasteiger partial charge >= 0.3 is 0 Å². The second-order valence-electron chi connectivity index (χ2n) is 5.67. The molecule has 0 spiro atoms. The molecule has 0 aliphatic carbocycles. The minimum atomic E-state index is -0.198. The van der Waals surface area contributed by atoms with E-state index >= 15 is 0 Å². The molecule has 0 radical (unpaired) electrons. The fraction of sp³-hybridized carbons (Fsp3) is 0.235. The predicted molar refractivity (Wildman–Crippen MR) is 94.1 cm³/mol. The number of aryl methyl sites for hydroxylation is 2. The van der Waals surface area contributed by atoms with Gasteiger partial charge in [-0.2, -0.15) is 0 Å². The first-order chi connectivity index (χ1) is 12.2. The Morgan fingerprint density at radius 2 is 2.28 bits per heavy atom. The van der Waals surface area contributed by atoms with E-state index in [0.29, 0.717) is 23.6 Å². The third kappa shape index (κ3) is 3.25. The zero-order valence-electron chi connectivity index (χ0n) is 13.6. The molecule has 1 amide bonds. The highest BCUT2D eigenvalue weighted by molar-refractivity contribution is 7.99. The van der Waals surface area contributed by atoms with E-state index < -0.39 is 0 Å². The first-order valence-corrected chi connectivity index (χ1v) is 8.90. The molecule has 4 heterocycles. The van der Waals surface area contributed by atoms with E-state index in [0.717, 1.165) is 28.7 Å². The van der Waals surface area contributed by atoms with Crippen LogP contribution in [0.5, 0.6) is 0 Å². The third-order valence-electron chi connectivity index (χ3n) is 3.93. The molecule has 0 bridgehead atoms. The Morgan fingerprint density at radius 3 is 3.04 bits per heavy atom. The lowest BCUT2D eigenvalue weighted by Crippen LogP contribution is -2.24. The maximum Gasteiger partial charge on any atom is 0.255 e. The minimum Gasteiger partial charge on any atom is -0.346 e. The van der Waals surface area contributed by atoms with Gasteiger partial charge in [0.2, 0.25) is 0 Å². The second kappa shape index (κ2) is 6.64. The van der Waals surface area contributed by atoms with Crippen LogP contribution >= 0.6 is 11.8 Å². The van der Waals surface area contributed by atoms with Crippen LogP contribution in [0.25, 0.3) is 11.4 Å². The average molecular weight is 352 g/mol. The normalized spacial score (nSPS) is 12.8. The van der Waals surface area contributed by atoms with Crippen LogP contribution in [-0.2, 0) is 13.1 Å². The standard InChI is InChI=1S/C17H16N6OS/c1-11-14(9-19-15(21-11)12-3-2-4-18-7-12)16(24)20-8-13-10-23-5-6-25-17(23)22-13/h2-4,7,9-10H,5-6,8H2,1H3,(H,20,24). The van der Waals surface area contributed by atoms with Gasteiger partial charge in [0, 0.05) is 42.6 Å². The number of carbonyl (C=O) groups excluding carboxylic acids is 1. The van der Waals surface area contributed by atoms with E-state index in [1.807, 2.05) is 18.3 Å². The monoisotopic (exact) mass is 352 g/mol. The van der Waals surface area contributed by atoms with Gasteiger partial charge in [-0.15, -0.1) is 0 Å². The molecule has 1 N–H and O–H groups in total. The molecule has 0 atom stereocenters. The number of carbonyl (C=O) groups is 1. The molecule has 4 rings (SSSR count). The lowest BCUT2D eigenvalue weighted by Gasteiger charge is -2.07. The minimum absolute atomic E-state index is 0.198. The zero-order chi connectivity index (χ0) is 17.2. The Kier molecular flexibility index (Phi) is 4.19. The van der Waals surface area contributed by atoms with Crippen LogP contribution in [0.15, 0.2) is 42.1 Å². The number of fused-ring (bicyclic) bond motifs is 1. The van der Waals surface area contributed by atoms with Crippen molar-refractivity contribution < 1.29 is 4.79 Å². The van der Waals surface area contributed by atoms with Crippen molar-refractivity contribution in [2.24, 2.45) is 0 Å². The first-order valence-electron chi connectivity index (χ1n) is 7.92. The number of imidazole rings is 1. The number of amides is 1. The summed E-state index contributed by atoms with van der Waals surface area (Å²) in [4.78, 5) is 29.7. The number of hydrogen-bond acceptors (Lipinski definition) is 6. The SMILES string of the molecule is Cc1nc(-c2cccnc2)ncc1C(=O)NCc1cn2c(n1)SCC2. The summed E-state index contributed by atoms with van der Waals surface area (Å²) in [5, 5.41) is 3.91. The highest BCUT2D eigenvalue weighted by Gasteiger charge is 2.16. The van der Waals surface area contributed by atoms with Gasteiger partial charge in [-0.25, -0.2) is 15.0 Å². The van der Waals surface area contributed by atoms with Gasteiger partial charge in [-0.1, -0.05) is 11.8 Å². The van der Waals surface area contributed by atoms with Crippen molar-refractivity contribution in [3.05, 3.63) is 53.9 Å². The fourth-order valence-corrected chi connectivity index (χ4v) is 3.60. The van der Waals surface area contributed by atoms with Crippen molar-refractivity contribution in [2.45, 2.75) is 25.2 Å². The molecule has 25 heavy (non-hydrogen) atoms. The molecule has 7 nitrogen and oxygen atoms in total. The van der Waals surface area contributed by atoms with Gasteiger partial charge in [0.05, 0.1) is 23.5 Å². The van der Waals surface area contributed by atoms with Gasteiger partial charge < -0.3 is 9.88 Å². The van der Waals surface area contributed by atoms with Gasteiger partial charge in [0.15, 0.2) is 11.0 Å². The smallest absolute Gasteiger partial charge is 0.255 e.